The van der Waals surface area contributed by atoms with Crippen molar-refractivity contribution >= 4 is 44.7 Å². The molecule has 0 radical (unpaired) electrons. The number of anilines is 1. The molecule has 0 amide bonds. The van der Waals surface area contributed by atoms with Crippen molar-refractivity contribution < 1.29 is 12.6 Å². The lowest BCUT2D eigenvalue weighted by Gasteiger charge is -2.35. The summed E-state index contributed by atoms with van der Waals surface area (Å²) in [5.41, 5.74) is 4.55. The summed E-state index contributed by atoms with van der Waals surface area (Å²) in [6.07, 6.45) is -0.555. The number of fused-ring (bicyclic) bond motifs is 3. The Morgan fingerprint density at radius 1 is 1.03 bits per heavy atom. The molecule has 2 heterocycles. The molecule has 0 saturated heterocycles. The second-order valence-corrected chi connectivity index (χ2v) is 10.2. The Bertz CT molecular complexity index is 1470. The minimum absolute atomic E-state index is 0.0787. The lowest BCUT2D eigenvalue weighted by Crippen LogP contribution is -2.50. The second kappa shape index (κ2) is 9.37. The third kappa shape index (κ3) is 4.52. The number of hydrogen-bond acceptors (Lipinski definition) is 7. The van der Waals surface area contributed by atoms with Gasteiger partial charge in [0.2, 0.25) is 0 Å². The quantitative estimate of drug-likeness (QED) is 0.444. The number of nitrogens with zero attached hydrogens (tertiary/aromatic N) is 4. The van der Waals surface area contributed by atoms with E-state index in [2.05, 4.69) is 10.2 Å². The van der Waals surface area contributed by atoms with E-state index in [1.807, 2.05) is 56.3 Å². The summed E-state index contributed by atoms with van der Waals surface area (Å²) in [5.74, 6) is 0.487. The Kier molecular flexibility index (Phi) is 6.27. The van der Waals surface area contributed by atoms with Gasteiger partial charge in [-0.1, -0.05) is 66.6 Å². The van der Waals surface area contributed by atoms with Gasteiger partial charge < -0.3 is 0 Å². The monoisotopic (exact) mass is 506 g/mol. The zero-order valence-electron chi connectivity index (χ0n) is 19.2. The van der Waals surface area contributed by atoms with Gasteiger partial charge in [0.15, 0.2) is 12.1 Å². The van der Waals surface area contributed by atoms with Crippen LogP contribution in [0.5, 0.6) is 0 Å². The fourth-order valence-electron chi connectivity index (χ4n) is 4.09. The van der Waals surface area contributed by atoms with Gasteiger partial charge in [0.05, 0.1) is 28.6 Å². The van der Waals surface area contributed by atoms with Gasteiger partial charge in [-0.05, 0) is 43.7 Å². The maximum atomic E-state index is 13.3. The average Bonchev–Trinajstić information content (AvgIpc) is 3.01. The van der Waals surface area contributed by atoms with Crippen LogP contribution in [0.3, 0.4) is 0 Å². The van der Waals surface area contributed by atoms with Crippen molar-refractivity contribution in [1.29, 1.82) is 0 Å². The van der Waals surface area contributed by atoms with Gasteiger partial charge in [-0.15, -0.1) is 5.10 Å². The molecular weight excluding hydrogens is 484 g/mol. The van der Waals surface area contributed by atoms with Gasteiger partial charge >= 0.3 is 0 Å². The van der Waals surface area contributed by atoms with Gasteiger partial charge in [0.25, 0.3) is 10.1 Å². The third-order valence-electron chi connectivity index (χ3n) is 5.88. The molecule has 3 aromatic rings. The van der Waals surface area contributed by atoms with Gasteiger partial charge in [-0.25, -0.2) is 4.18 Å². The molecule has 0 aliphatic carbocycles. The number of halogens is 1. The van der Waals surface area contributed by atoms with Crippen LogP contribution in [-0.4, -0.2) is 38.4 Å². The standard InChI is InChI=1S/C26H23ClN4O3S/c1-3-22-26(34-35(32,33)20-12-9-17(2)10-13-20)31-23-14-11-19(27)15-21(23)25(18-7-5-4-6-8-18)28-16-24(31)30-29-22/h4-15,26H,3,16H2,1-2H3. The van der Waals surface area contributed by atoms with Crippen LogP contribution in [0.2, 0.25) is 5.02 Å². The Morgan fingerprint density at radius 2 is 1.77 bits per heavy atom. The van der Waals surface area contributed by atoms with Crippen molar-refractivity contribution in [3.8, 4) is 0 Å². The molecule has 2 aliphatic rings. The molecule has 0 fully saturated rings. The highest BCUT2D eigenvalue weighted by atomic mass is 35.5. The highest BCUT2D eigenvalue weighted by Crippen LogP contribution is 2.34. The fourth-order valence-corrected chi connectivity index (χ4v) is 5.28. The zero-order chi connectivity index (χ0) is 24.6. The Morgan fingerprint density at radius 3 is 2.49 bits per heavy atom. The molecule has 0 bridgehead atoms. The average molecular weight is 507 g/mol. The van der Waals surface area contributed by atoms with E-state index in [-0.39, 0.29) is 11.4 Å². The van der Waals surface area contributed by atoms with Crippen molar-refractivity contribution in [2.24, 2.45) is 15.2 Å². The summed E-state index contributed by atoms with van der Waals surface area (Å²) in [6.45, 7) is 3.98. The Balaban J connectivity index is 1.63. The lowest BCUT2D eigenvalue weighted by atomic mass is 10.00. The van der Waals surface area contributed by atoms with Crippen LogP contribution >= 0.6 is 11.6 Å². The Labute approximate surface area is 209 Å². The molecule has 9 heteroatoms. The first-order chi connectivity index (χ1) is 16.9. The summed E-state index contributed by atoms with van der Waals surface area (Å²) in [4.78, 5) is 6.67. The van der Waals surface area contributed by atoms with Crippen LogP contribution in [0.1, 0.15) is 30.0 Å². The minimum Gasteiger partial charge on any atom is -0.293 e. The predicted octanol–water partition coefficient (Wildman–Crippen LogP) is 5.22. The summed E-state index contributed by atoms with van der Waals surface area (Å²) in [6, 6.07) is 21.7. The van der Waals surface area contributed by atoms with Crippen molar-refractivity contribution in [1.82, 2.24) is 0 Å². The number of hydrogen-bond donors (Lipinski definition) is 0. The van der Waals surface area contributed by atoms with E-state index >= 15 is 0 Å². The van der Waals surface area contributed by atoms with E-state index in [1.54, 1.807) is 23.1 Å². The smallest absolute Gasteiger partial charge is 0.293 e. The largest absolute Gasteiger partial charge is 0.299 e. The molecule has 35 heavy (non-hydrogen) atoms. The molecule has 0 N–H and O–H groups in total. The lowest BCUT2D eigenvalue weighted by molar-refractivity contribution is 0.275. The molecule has 2 aliphatic heterocycles. The van der Waals surface area contributed by atoms with Crippen LogP contribution < -0.4 is 4.90 Å². The molecule has 0 spiro atoms. The maximum Gasteiger partial charge on any atom is 0.299 e. The minimum atomic E-state index is -4.10. The van der Waals surface area contributed by atoms with E-state index in [0.29, 0.717) is 28.7 Å². The van der Waals surface area contributed by atoms with Crippen LogP contribution in [0, 0.1) is 6.92 Å². The molecule has 0 aromatic heterocycles. The first kappa shape index (κ1) is 23.4. The summed E-state index contributed by atoms with van der Waals surface area (Å²) < 4.78 is 32.4. The Hall–Kier alpha value is -3.33. The van der Waals surface area contributed by atoms with E-state index in [9.17, 15) is 8.42 Å². The maximum absolute atomic E-state index is 13.3. The summed E-state index contributed by atoms with van der Waals surface area (Å²) in [7, 11) is -4.10. The highest BCUT2D eigenvalue weighted by Gasteiger charge is 2.38. The fraction of sp³-hybridized carbons (Fsp3) is 0.192. The van der Waals surface area contributed by atoms with Crippen molar-refractivity contribution in [2.75, 3.05) is 11.4 Å². The van der Waals surface area contributed by atoms with E-state index in [4.69, 9.17) is 20.8 Å². The summed E-state index contributed by atoms with van der Waals surface area (Å²) >= 11 is 6.39. The number of aryl methyl sites for hydroxylation is 1. The van der Waals surface area contributed by atoms with Gasteiger partial charge in [0.1, 0.15) is 0 Å². The first-order valence-electron chi connectivity index (χ1n) is 11.2. The number of benzene rings is 3. The van der Waals surface area contributed by atoms with E-state index in [1.165, 1.54) is 12.1 Å². The molecule has 7 nitrogen and oxygen atoms in total. The first-order valence-corrected chi connectivity index (χ1v) is 13.0. The third-order valence-corrected chi connectivity index (χ3v) is 7.40. The van der Waals surface area contributed by atoms with Gasteiger partial charge in [-0.3, -0.25) is 9.89 Å². The number of rotatable bonds is 5. The van der Waals surface area contributed by atoms with Crippen molar-refractivity contribution in [2.45, 2.75) is 31.4 Å². The van der Waals surface area contributed by atoms with Crippen LogP contribution in [0.25, 0.3) is 0 Å². The normalized spacial score (nSPS) is 17.5. The second-order valence-electron chi connectivity index (χ2n) is 8.24. The molecule has 1 unspecified atom stereocenters. The zero-order valence-corrected chi connectivity index (χ0v) is 20.8. The predicted molar refractivity (Wildman–Crippen MR) is 139 cm³/mol. The van der Waals surface area contributed by atoms with Gasteiger partial charge in [0, 0.05) is 16.1 Å². The van der Waals surface area contributed by atoms with Crippen LogP contribution in [0.15, 0.2) is 92.9 Å². The molecule has 0 saturated carbocycles. The topological polar surface area (TPSA) is 83.7 Å². The van der Waals surface area contributed by atoms with Crippen LogP contribution in [0.4, 0.5) is 5.69 Å². The number of amidine groups is 1. The molecule has 1 atom stereocenters. The van der Waals surface area contributed by atoms with E-state index < -0.39 is 16.3 Å². The van der Waals surface area contributed by atoms with Crippen molar-refractivity contribution in [3.05, 3.63) is 94.5 Å². The molecule has 3 aromatic carbocycles. The summed E-state index contributed by atoms with van der Waals surface area (Å²) in [5, 5.41) is 9.25. The van der Waals surface area contributed by atoms with Gasteiger partial charge in [-0.2, -0.15) is 13.5 Å². The number of aliphatic imine (C=N–C) groups is 1. The van der Waals surface area contributed by atoms with E-state index in [0.717, 1.165) is 22.4 Å². The highest BCUT2D eigenvalue weighted by molar-refractivity contribution is 7.86. The molecular formula is C26H23ClN4O3S. The SMILES string of the molecule is CCC1=NN=C2CN=C(c3ccccc3)c3cc(Cl)ccc3N2C1OS(=O)(=O)c1ccc(C)cc1. The van der Waals surface area contributed by atoms with Crippen molar-refractivity contribution in [3.63, 3.8) is 0 Å². The van der Waals surface area contributed by atoms with Crippen LogP contribution in [-0.2, 0) is 14.3 Å². The molecule has 5 rings (SSSR count). The molecule has 178 valence electrons.